The van der Waals surface area contributed by atoms with E-state index < -0.39 is 0 Å². The molecule has 19 heavy (non-hydrogen) atoms. The molecule has 100 valence electrons. The molecule has 0 fully saturated rings. The third kappa shape index (κ3) is 3.22. The second kappa shape index (κ2) is 6.00. The molecule has 2 nitrogen and oxygen atoms in total. The number of hydrazine groups is 1. The van der Waals surface area contributed by atoms with Gasteiger partial charge in [0.1, 0.15) is 0 Å². The van der Waals surface area contributed by atoms with E-state index in [0.29, 0.717) is 0 Å². The lowest BCUT2D eigenvalue weighted by Gasteiger charge is -2.19. The maximum absolute atomic E-state index is 5.73. The van der Waals surface area contributed by atoms with E-state index in [0.717, 1.165) is 6.42 Å². The molecule has 1 atom stereocenters. The van der Waals surface area contributed by atoms with Crippen LogP contribution < -0.4 is 11.3 Å². The zero-order valence-electron chi connectivity index (χ0n) is 11.9. The van der Waals surface area contributed by atoms with Gasteiger partial charge in [-0.2, -0.15) is 0 Å². The van der Waals surface area contributed by atoms with Crippen LogP contribution in [0, 0.1) is 20.8 Å². The maximum Gasteiger partial charge on any atom is 0.0500 e. The molecule has 2 aromatic rings. The van der Waals surface area contributed by atoms with E-state index in [1.54, 1.807) is 0 Å². The van der Waals surface area contributed by atoms with Gasteiger partial charge in [-0.1, -0.05) is 48.0 Å². The highest BCUT2D eigenvalue weighted by Crippen LogP contribution is 2.23. The number of nitrogens with two attached hydrogens (primary N) is 1. The molecule has 0 bridgehead atoms. The van der Waals surface area contributed by atoms with E-state index >= 15 is 0 Å². The largest absolute Gasteiger partial charge is 0.271 e. The number of hydrogen-bond acceptors (Lipinski definition) is 2. The first-order valence-electron chi connectivity index (χ1n) is 6.69. The van der Waals surface area contributed by atoms with Gasteiger partial charge in [0.25, 0.3) is 0 Å². The van der Waals surface area contributed by atoms with E-state index in [-0.39, 0.29) is 6.04 Å². The third-order valence-electron chi connectivity index (χ3n) is 3.65. The van der Waals surface area contributed by atoms with Crippen LogP contribution in [0.2, 0.25) is 0 Å². The first-order chi connectivity index (χ1) is 9.11. The minimum atomic E-state index is 0.154. The molecule has 0 spiro atoms. The van der Waals surface area contributed by atoms with E-state index in [1.807, 2.05) is 6.07 Å². The van der Waals surface area contributed by atoms with Crippen molar-refractivity contribution in [1.29, 1.82) is 0 Å². The highest BCUT2D eigenvalue weighted by atomic mass is 15.2. The molecular weight excluding hydrogens is 232 g/mol. The van der Waals surface area contributed by atoms with Crippen LogP contribution in [0.1, 0.15) is 33.9 Å². The summed E-state index contributed by atoms with van der Waals surface area (Å²) in [6, 6.07) is 15.0. The van der Waals surface area contributed by atoms with Gasteiger partial charge in [-0.25, -0.2) is 0 Å². The summed E-state index contributed by atoms with van der Waals surface area (Å²) in [5.74, 6) is 5.73. The standard InChI is InChI=1S/C17H22N2/c1-12-9-13(2)16(14(3)10-12)11-17(19-18)15-7-5-4-6-8-15/h4-10,17,19H,11,18H2,1-3H3. The van der Waals surface area contributed by atoms with Gasteiger partial charge in [-0.3, -0.25) is 11.3 Å². The fourth-order valence-corrected chi connectivity index (χ4v) is 2.69. The molecule has 0 aromatic heterocycles. The lowest BCUT2D eigenvalue weighted by Crippen LogP contribution is -2.30. The predicted molar refractivity (Wildman–Crippen MR) is 80.9 cm³/mol. The molecule has 0 amide bonds. The van der Waals surface area contributed by atoms with Crippen LogP contribution in [0.25, 0.3) is 0 Å². The second-order valence-corrected chi connectivity index (χ2v) is 5.21. The van der Waals surface area contributed by atoms with E-state index in [9.17, 15) is 0 Å². The summed E-state index contributed by atoms with van der Waals surface area (Å²) in [4.78, 5) is 0. The zero-order chi connectivity index (χ0) is 13.8. The molecule has 1 unspecified atom stereocenters. The fraction of sp³-hybridized carbons (Fsp3) is 0.294. The summed E-state index contributed by atoms with van der Waals surface area (Å²) in [6.07, 6.45) is 0.915. The maximum atomic E-state index is 5.73. The van der Waals surface area contributed by atoms with E-state index in [1.165, 1.54) is 27.8 Å². The molecule has 2 heteroatoms. The van der Waals surface area contributed by atoms with Crippen LogP contribution in [0.15, 0.2) is 42.5 Å². The topological polar surface area (TPSA) is 38.0 Å². The lowest BCUT2D eigenvalue weighted by atomic mass is 9.92. The molecule has 0 heterocycles. The van der Waals surface area contributed by atoms with Crippen LogP contribution in [-0.2, 0) is 6.42 Å². The molecular formula is C17H22N2. The monoisotopic (exact) mass is 254 g/mol. The predicted octanol–water partition coefficient (Wildman–Crippen LogP) is 3.36. The Balaban J connectivity index is 2.29. The lowest BCUT2D eigenvalue weighted by molar-refractivity contribution is 0.549. The van der Waals surface area contributed by atoms with Crippen molar-refractivity contribution in [3.05, 3.63) is 70.3 Å². The Morgan fingerprint density at radius 1 is 1.00 bits per heavy atom. The van der Waals surface area contributed by atoms with Crippen LogP contribution in [-0.4, -0.2) is 0 Å². The van der Waals surface area contributed by atoms with E-state index in [2.05, 4.69) is 62.6 Å². The first-order valence-corrected chi connectivity index (χ1v) is 6.69. The Bertz CT molecular complexity index is 523. The van der Waals surface area contributed by atoms with Crippen LogP contribution in [0.5, 0.6) is 0 Å². The Morgan fingerprint density at radius 3 is 2.11 bits per heavy atom. The fourth-order valence-electron chi connectivity index (χ4n) is 2.69. The summed E-state index contributed by atoms with van der Waals surface area (Å²) in [5.41, 5.74) is 9.55. The molecule has 0 aliphatic rings. The van der Waals surface area contributed by atoms with Gasteiger partial charge in [0, 0.05) is 6.04 Å². The third-order valence-corrected chi connectivity index (χ3v) is 3.65. The van der Waals surface area contributed by atoms with Gasteiger partial charge < -0.3 is 0 Å². The van der Waals surface area contributed by atoms with Crippen LogP contribution in [0.4, 0.5) is 0 Å². The number of nitrogens with one attached hydrogen (secondary N) is 1. The van der Waals surface area contributed by atoms with Gasteiger partial charge in [0.05, 0.1) is 0 Å². The molecule has 0 saturated heterocycles. The number of hydrogen-bond donors (Lipinski definition) is 2. The molecule has 0 aliphatic carbocycles. The van der Waals surface area contributed by atoms with Gasteiger partial charge in [-0.05, 0) is 49.4 Å². The van der Waals surface area contributed by atoms with Crippen molar-refractivity contribution in [1.82, 2.24) is 5.43 Å². The van der Waals surface area contributed by atoms with Crippen molar-refractivity contribution in [2.45, 2.75) is 33.2 Å². The highest BCUT2D eigenvalue weighted by Gasteiger charge is 2.13. The number of rotatable bonds is 4. The minimum absolute atomic E-state index is 0.154. The number of benzene rings is 2. The van der Waals surface area contributed by atoms with Gasteiger partial charge in [0.15, 0.2) is 0 Å². The van der Waals surface area contributed by atoms with Gasteiger partial charge in [0.2, 0.25) is 0 Å². The van der Waals surface area contributed by atoms with Crippen molar-refractivity contribution in [3.8, 4) is 0 Å². The van der Waals surface area contributed by atoms with Gasteiger partial charge >= 0.3 is 0 Å². The highest BCUT2D eigenvalue weighted by molar-refractivity contribution is 5.38. The molecule has 0 radical (unpaired) electrons. The normalized spacial score (nSPS) is 12.4. The average molecular weight is 254 g/mol. The van der Waals surface area contributed by atoms with Crippen LogP contribution >= 0.6 is 0 Å². The molecule has 3 N–H and O–H groups in total. The van der Waals surface area contributed by atoms with Crippen molar-refractivity contribution in [2.75, 3.05) is 0 Å². The summed E-state index contributed by atoms with van der Waals surface area (Å²) < 4.78 is 0. The SMILES string of the molecule is Cc1cc(C)c(CC(NN)c2ccccc2)c(C)c1. The van der Waals surface area contributed by atoms with Gasteiger partial charge in [-0.15, -0.1) is 0 Å². The van der Waals surface area contributed by atoms with E-state index in [4.69, 9.17) is 5.84 Å². The Hall–Kier alpha value is -1.64. The van der Waals surface area contributed by atoms with Crippen molar-refractivity contribution in [2.24, 2.45) is 5.84 Å². The summed E-state index contributed by atoms with van der Waals surface area (Å²) >= 11 is 0. The zero-order valence-corrected chi connectivity index (χ0v) is 11.9. The van der Waals surface area contributed by atoms with Crippen molar-refractivity contribution in [3.63, 3.8) is 0 Å². The average Bonchev–Trinajstić information content (AvgIpc) is 2.39. The first kappa shape index (κ1) is 13.8. The molecule has 0 aliphatic heterocycles. The van der Waals surface area contributed by atoms with Crippen molar-refractivity contribution < 1.29 is 0 Å². The minimum Gasteiger partial charge on any atom is -0.271 e. The summed E-state index contributed by atoms with van der Waals surface area (Å²) in [7, 11) is 0. The smallest absolute Gasteiger partial charge is 0.0500 e. The number of aryl methyl sites for hydroxylation is 3. The summed E-state index contributed by atoms with van der Waals surface area (Å²) in [5, 5.41) is 0. The molecule has 2 rings (SSSR count). The Labute approximate surface area is 115 Å². The molecule has 0 saturated carbocycles. The Morgan fingerprint density at radius 2 is 1.58 bits per heavy atom. The van der Waals surface area contributed by atoms with Crippen LogP contribution in [0.3, 0.4) is 0 Å². The van der Waals surface area contributed by atoms with Crippen molar-refractivity contribution >= 4 is 0 Å². The quantitative estimate of drug-likeness (QED) is 0.648. The second-order valence-electron chi connectivity index (χ2n) is 5.21. The molecule has 2 aromatic carbocycles. The summed E-state index contributed by atoms with van der Waals surface area (Å²) in [6.45, 7) is 6.49. The Kier molecular flexibility index (Phi) is 4.35.